The first-order chi connectivity index (χ1) is 15.3. The maximum absolute atomic E-state index is 14.6. The molecule has 0 atom stereocenters. The van der Waals surface area contributed by atoms with E-state index in [-0.39, 0.29) is 34.5 Å². The van der Waals surface area contributed by atoms with Gasteiger partial charge in [0.25, 0.3) is 6.43 Å². The lowest BCUT2D eigenvalue weighted by molar-refractivity contribution is 0.139. The maximum Gasteiger partial charge on any atom is 0.283 e. The average Bonchev–Trinajstić information content (AvgIpc) is 3.10. The molecule has 4 rings (SSSR count). The molecule has 0 spiro atoms. The van der Waals surface area contributed by atoms with E-state index in [1.165, 1.54) is 12.1 Å². The Labute approximate surface area is 184 Å². The number of fused-ring (bicyclic) bond motifs is 1. The molecule has 11 heteroatoms. The Morgan fingerprint density at radius 1 is 1.38 bits per heavy atom. The number of hydrogen-bond acceptors (Lipinski definition) is 6. The lowest BCUT2D eigenvalue weighted by Crippen LogP contribution is -2.52. The van der Waals surface area contributed by atoms with Crippen molar-refractivity contribution in [3.05, 3.63) is 55.9 Å². The van der Waals surface area contributed by atoms with Gasteiger partial charge >= 0.3 is 0 Å². The van der Waals surface area contributed by atoms with Gasteiger partial charge in [0, 0.05) is 30.1 Å². The third-order valence-corrected chi connectivity index (χ3v) is 5.48. The minimum absolute atomic E-state index is 0.0256. The Kier molecular flexibility index (Phi) is 5.62. The van der Waals surface area contributed by atoms with Gasteiger partial charge in [0.2, 0.25) is 0 Å². The number of nitrogens with one attached hydrogen (secondary N) is 1. The summed E-state index contributed by atoms with van der Waals surface area (Å²) >= 11 is 5.88. The van der Waals surface area contributed by atoms with Gasteiger partial charge in [-0.25, -0.2) is 18.2 Å². The fourth-order valence-corrected chi connectivity index (χ4v) is 3.81. The number of hydrogen-bond donors (Lipinski definition) is 2. The van der Waals surface area contributed by atoms with E-state index in [9.17, 15) is 23.5 Å². The lowest BCUT2D eigenvalue weighted by Gasteiger charge is -2.38. The van der Waals surface area contributed by atoms with Crippen molar-refractivity contribution in [3.8, 4) is 6.07 Å². The Bertz CT molecular complexity index is 1410. The fraction of sp³-hybridized carbons (Fsp3) is 0.238. The second-order valence-electron chi connectivity index (χ2n) is 7.24. The summed E-state index contributed by atoms with van der Waals surface area (Å²) in [5, 5.41) is 30.9. The number of nitriles is 1. The molecule has 0 unspecified atom stereocenters. The molecule has 1 aliphatic rings. The number of aliphatic hydroxyl groups is 1. The predicted molar refractivity (Wildman–Crippen MR) is 113 cm³/mol. The number of alkyl halides is 2. The highest BCUT2D eigenvalue weighted by molar-refractivity contribution is 6.30. The number of aromatic nitrogens is 3. The Morgan fingerprint density at radius 2 is 2.09 bits per heavy atom. The monoisotopic (exact) mass is 460 g/mol. The molecule has 1 aliphatic heterocycles. The zero-order valence-corrected chi connectivity index (χ0v) is 17.4. The van der Waals surface area contributed by atoms with Crippen molar-refractivity contribution in [2.24, 2.45) is 0 Å². The minimum atomic E-state index is -2.98. The molecule has 0 saturated carbocycles. The van der Waals surface area contributed by atoms with E-state index < -0.39 is 24.0 Å². The molecular formula is C21H16ClF3N6O. The number of aliphatic hydroxyl groups excluding tert-OH is 1. The van der Waals surface area contributed by atoms with Crippen LogP contribution in [0.25, 0.3) is 17.8 Å². The summed E-state index contributed by atoms with van der Waals surface area (Å²) in [5.41, 5.74) is -0.204. The third kappa shape index (κ3) is 3.49. The van der Waals surface area contributed by atoms with Crippen molar-refractivity contribution in [2.45, 2.75) is 19.5 Å². The zero-order valence-electron chi connectivity index (χ0n) is 16.7. The SMILES string of the molecule is Cc1nc2c(C#N)c(C(F)F)nn2c(N2CC(O)C2)c1/C=c1\ccc(Cl)c(F)\c1=C\C=N. The summed E-state index contributed by atoms with van der Waals surface area (Å²) in [5.74, 6) is -0.361. The lowest BCUT2D eigenvalue weighted by atomic mass is 10.1. The van der Waals surface area contributed by atoms with Gasteiger partial charge in [-0.15, -0.1) is 0 Å². The molecule has 3 aromatic rings. The Balaban J connectivity index is 2.11. The second kappa shape index (κ2) is 8.26. The molecule has 3 heterocycles. The van der Waals surface area contributed by atoms with Gasteiger partial charge in [0.1, 0.15) is 29.0 Å². The highest BCUT2D eigenvalue weighted by Gasteiger charge is 2.32. The van der Waals surface area contributed by atoms with E-state index in [0.717, 1.165) is 10.7 Å². The van der Waals surface area contributed by atoms with Crippen molar-refractivity contribution >= 4 is 41.4 Å². The van der Waals surface area contributed by atoms with E-state index in [0.29, 0.717) is 22.3 Å². The van der Waals surface area contributed by atoms with E-state index in [1.54, 1.807) is 30.0 Å². The van der Waals surface area contributed by atoms with E-state index in [4.69, 9.17) is 17.0 Å². The number of rotatable bonds is 4. The van der Waals surface area contributed by atoms with Crippen LogP contribution in [0.15, 0.2) is 12.1 Å². The molecule has 32 heavy (non-hydrogen) atoms. The van der Waals surface area contributed by atoms with Crippen LogP contribution in [0.3, 0.4) is 0 Å². The maximum atomic E-state index is 14.6. The average molecular weight is 461 g/mol. The molecule has 1 aromatic carbocycles. The van der Waals surface area contributed by atoms with Gasteiger partial charge in [0.15, 0.2) is 5.65 Å². The first kappa shape index (κ1) is 21.8. The molecule has 1 saturated heterocycles. The smallest absolute Gasteiger partial charge is 0.283 e. The predicted octanol–water partition coefficient (Wildman–Crippen LogP) is 2.08. The van der Waals surface area contributed by atoms with E-state index in [2.05, 4.69) is 10.1 Å². The van der Waals surface area contributed by atoms with Crippen LogP contribution >= 0.6 is 11.6 Å². The molecular weight excluding hydrogens is 445 g/mol. The van der Waals surface area contributed by atoms with Gasteiger partial charge in [-0.3, -0.25) is 0 Å². The number of nitrogens with zero attached hydrogens (tertiary/aromatic N) is 5. The first-order valence-electron chi connectivity index (χ1n) is 9.47. The normalized spacial score (nSPS) is 15.5. The van der Waals surface area contributed by atoms with E-state index >= 15 is 0 Å². The minimum Gasteiger partial charge on any atom is -0.389 e. The van der Waals surface area contributed by atoms with Crippen molar-refractivity contribution in [1.82, 2.24) is 14.6 Å². The number of halogens is 4. The van der Waals surface area contributed by atoms with E-state index in [1.807, 2.05) is 0 Å². The van der Waals surface area contributed by atoms with Gasteiger partial charge in [-0.05, 0) is 30.4 Å². The van der Waals surface area contributed by atoms with Crippen molar-refractivity contribution < 1.29 is 18.3 Å². The molecule has 1 fully saturated rings. The van der Waals surface area contributed by atoms with Crippen LogP contribution < -0.4 is 15.3 Å². The van der Waals surface area contributed by atoms with Gasteiger partial charge < -0.3 is 15.4 Å². The van der Waals surface area contributed by atoms with Crippen molar-refractivity contribution in [1.29, 1.82) is 10.7 Å². The summed E-state index contributed by atoms with van der Waals surface area (Å²) in [6, 6.07) is 4.68. The number of benzene rings is 1. The third-order valence-electron chi connectivity index (χ3n) is 5.19. The van der Waals surface area contributed by atoms with Crippen LogP contribution in [-0.2, 0) is 0 Å². The standard InChI is InChI=1S/C21H16ClF3N6O/c1-10-14(6-11-2-3-16(22)17(23)13(11)4-5-26)21(30-8-12(32)9-30)31-20(28-10)15(7-27)18(29-31)19(24)25/h2-6,12,19,26,32H,8-9H2,1H3/b11-6+,13-4+,26-5?. The molecule has 7 nitrogen and oxygen atoms in total. The highest BCUT2D eigenvalue weighted by Crippen LogP contribution is 2.32. The fourth-order valence-electron chi connectivity index (χ4n) is 3.65. The molecule has 2 N–H and O–H groups in total. The van der Waals surface area contributed by atoms with Crippen LogP contribution in [0.2, 0.25) is 5.02 Å². The van der Waals surface area contributed by atoms with Crippen LogP contribution in [0.1, 0.15) is 28.9 Å². The topological polar surface area (TPSA) is 101 Å². The van der Waals surface area contributed by atoms with Crippen LogP contribution in [0.5, 0.6) is 0 Å². The summed E-state index contributed by atoms with van der Waals surface area (Å²) in [6.45, 7) is 2.08. The zero-order chi connectivity index (χ0) is 23.2. The Hall–Kier alpha value is -3.42. The van der Waals surface area contributed by atoms with Gasteiger partial charge in [-0.2, -0.15) is 14.9 Å². The molecule has 2 aromatic heterocycles. The molecule has 0 amide bonds. The number of β-amino-alcohol motifs (C(OH)–C–C–N with tert-alkyl or cyclic N) is 1. The quantitative estimate of drug-likeness (QED) is 0.580. The summed E-state index contributed by atoms with van der Waals surface area (Å²) in [4.78, 5) is 6.05. The van der Waals surface area contributed by atoms with Gasteiger partial charge in [-0.1, -0.05) is 17.7 Å². The second-order valence-corrected chi connectivity index (χ2v) is 7.65. The number of aryl methyl sites for hydroxylation is 1. The van der Waals surface area contributed by atoms with Crippen LogP contribution in [-0.4, -0.2) is 45.1 Å². The molecule has 164 valence electrons. The molecule has 0 radical (unpaired) electrons. The Morgan fingerprint density at radius 3 is 2.69 bits per heavy atom. The van der Waals surface area contributed by atoms with Crippen molar-refractivity contribution in [3.63, 3.8) is 0 Å². The largest absolute Gasteiger partial charge is 0.389 e. The van der Waals surface area contributed by atoms with Crippen LogP contribution in [0, 0.1) is 29.5 Å². The van der Waals surface area contributed by atoms with Crippen molar-refractivity contribution in [2.75, 3.05) is 18.0 Å². The highest BCUT2D eigenvalue weighted by atomic mass is 35.5. The summed E-state index contributed by atoms with van der Waals surface area (Å²) in [7, 11) is 0. The van der Waals surface area contributed by atoms with Gasteiger partial charge in [0.05, 0.1) is 16.8 Å². The molecule has 0 aliphatic carbocycles. The number of anilines is 1. The van der Waals surface area contributed by atoms with Crippen LogP contribution in [0.4, 0.5) is 19.0 Å². The summed E-state index contributed by atoms with van der Waals surface area (Å²) in [6.07, 6.45) is 0.175. The first-order valence-corrected chi connectivity index (χ1v) is 9.85. The summed E-state index contributed by atoms with van der Waals surface area (Å²) < 4.78 is 42.8. The molecule has 0 bridgehead atoms.